The highest BCUT2D eigenvalue weighted by Gasteiger charge is 2.18. The molecule has 0 saturated heterocycles. The number of imidazole rings is 1. The van der Waals surface area contributed by atoms with Gasteiger partial charge in [0, 0.05) is 39.1 Å². The van der Waals surface area contributed by atoms with Crippen molar-refractivity contribution in [3.8, 4) is 22.5 Å². The summed E-state index contributed by atoms with van der Waals surface area (Å²) < 4.78 is 1.76. The third kappa shape index (κ3) is 5.46. The molecule has 0 aliphatic carbocycles. The summed E-state index contributed by atoms with van der Waals surface area (Å²) in [5, 5.41) is 15.4. The molecule has 8 nitrogen and oxygen atoms in total. The minimum atomic E-state index is -0.280. The standard InChI is InChI=1S/C24H15Cl2N5O.CH2O2/c25-18-8-6-15(7-9-18)24(32)29-20-14-17(10-12-27-20)23-22(16-3-1-4-19(26)13-16)30-21-5-2-11-28-31(21)23;2-1-3/h1-14H,(H,27,29,32);1H,(H,2,3). The molecule has 3 aromatic heterocycles. The lowest BCUT2D eigenvalue weighted by molar-refractivity contribution is -0.122. The first-order valence-corrected chi connectivity index (χ1v) is 11.0. The predicted molar refractivity (Wildman–Crippen MR) is 135 cm³/mol. The lowest BCUT2D eigenvalue weighted by Crippen LogP contribution is -2.12. The fourth-order valence-electron chi connectivity index (χ4n) is 3.42. The summed E-state index contributed by atoms with van der Waals surface area (Å²) in [6.45, 7) is -0.250. The van der Waals surface area contributed by atoms with Crippen LogP contribution in [0.25, 0.3) is 28.2 Å². The van der Waals surface area contributed by atoms with Gasteiger partial charge in [0.1, 0.15) is 11.5 Å². The monoisotopic (exact) mass is 505 g/mol. The molecule has 2 aromatic carbocycles. The van der Waals surface area contributed by atoms with Crippen LogP contribution in [-0.4, -0.2) is 37.1 Å². The van der Waals surface area contributed by atoms with Gasteiger partial charge in [0.05, 0.1) is 5.69 Å². The number of amides is 1. The first kappa shape index (κ1) is 23.9. The summed E-state index contributed by atoms with van der Waals surface area (Å²) in [5.41, 5.74) is 4.34. The zero-order valence-electron chi connectivity index (χ0n) is 18.0. The van der Waals surface area contributed by atoms with Crippen molar-refractivity contribution in [2.45, 2.75) is 0 Å². The van der Waals surface area contributed by atoms with Crippen LogP contribution >= 0.6 is 23.2 Å². The van der Waals surface area contributed by atoms with Crippen molar-refractivity contribution < 1.29 is 14.7 Å². The molecular weight excluding hydrogens is 489 g/mol. The molecule has 0 aliphatic rings. The quantitative estimate of drug-likeness (QED) is 0.302. The van der Waals surface area contributed by atoms with Crippen LogP contribution in [0.3, 0.4) is 0 Å². The van der Waals surface area contributed by atoms with Crippen molar-refractivity contribution in [1.82, 2.24) is 19.6 Å². The van der Waals surface area contributed by atoms with Crippen molar-refractivity contribution in [3.63, 3.8) is 0 Å². The number of anilines is 1. The van der Waals surface area contributed by atoms with Gasteiger partial charge < -0.3 is 10.4 Å². The summed E-state index contributed by atoms with van der Waals surface area (Å²) in [4.78, 5) is 30.1. The first-order valence-electron chi connectivity index (χ1n) is 10.2. The Kier molecular flexibility index (Phi) is 7.35. The maximum absolute atomic E-state index is 12.6. The summed E-state index contributed by atoms with van der Waals surface area (Å²) in [6, 6.07) is 21.5. The van der Waals surface area contributed by atoms with Gasteiger partial charge in [0.25, 0.3) is 12.4 Å². The predicted octanol–water partition coefficient (Wildman–Crippen LogP) is 5.72. The van der Waals surface area contributed by atoms with E-state index < -0.39 is 0 Å². The van der Waals surface area contributed by atoms with Crippen LogP contribution in [-0.2, 0) is 4.79 Å². The number of benzene rings is 2. The number of nitrogens with zero attached hydrogens (tertiary/aromatic N) is 4. The molecule has 35 heavy (non-hydrogen) atoms. The van der Waals surface area contributed by atoms with Crippen LogP contribution in [0.15, 0.2) is 85.2 Å². The molecule has 3 heterocycles. The van der Waals surface area contributed by atoms with Gasteiger partial charge >= 0.3 is 0 Å². The second kappa shape index (κ2) is 10.8. The highest BCUT2D eigenvalue weighted by molar-refractivity contribution is 6.31. The van der Waals surface area contributed by atoms with Crippen molar-refractivity contribution in [3.05, 3.63) is 101 Å². The van der Waals surface area contributed by atoms with Gasteiger partial charge in [-0.05, 0) is 60.7 Å². The molecule has 5 rings (SSSR count). The number of fused-ring (bicyclic) bond motifs is 1. The van der Waals surface area contributed by atoms with Crippen molar-refractivity contribution >= 4 is 47.0 Å². The number of aromatic nitrogens is 4. The van der Waals surface area contributed by atoms with Gasteiger partial charge in [-0.15, -0.1) is 0 Å². The van der Waals surface area contributed by atoms with Gasteiger partial charge in [-0.1, -0.05) is 35.3 Å². The summed E-state index contributed by atoms with van der Waals surface area (Å²) in [7, 11) is 0. The Hall–Kier alpha value is -4.27. The fraction of sp³-hybridized carbons (Fsp3) is 0. The number of hydrogen-bond acceptors (Lipinski definition) is 5. The van der Waals surface area contributed by atoms with Crippen molar-refractivity contribution in [2.24, 2.45) is 0 Å². The number of carbonyl (C=O) groups is 2. The number of rotatable bonds is 4. The maximum atomic E-state index is 12.6. The largest absolute Gasteiger partial charge is 0.483 e. The molecule has 0 saturated carbocycles. The van der Waals surface area contributed by atoms with E-state index >= 15 is 0 Å². The summed E-state index contributed by atoms with van der Waals surface area (Å²) >= 11 is 12.1. The maximum Gasteiger partial charge on any atom is 0.290 e. The van der Waals surface area contributed by atoms with E-state index in [9.17, 15) is 4.79 Å². The SMILES string of the molecule is O=C(Nc1cc(-c2c(-c3cccc(Cl)c3)nc3cccnn23)ccn1)c1ccc(Cl)cc1.O=CO. The molecule has 0 spiro atoms. The lowest BCUT2D eigenvalue weighted by Gasteiger charge is -2.09. The molecule has 0 atom stereocenters. The van der Waals surface area contributed by atoms with E-state index in [1.165, 1.54) is 0 Å². The molecule has 1 amide bonds. The second-order valence-electron chi connectivity index (χ2n) is 7.11. The van der Waals surface area contributed by atoms with Crippen LogP contribution in [0.5, 0.6) is 0 Å². The van der Waals surface area contributed by atoms with E-state index in [0.29, 0.717) is 27.1 Å². The number of carboxylic acid groups (broad SMARTS) is 1. The molecule has 2 N–H and O–H groups in total. The van der Waals surface area contributed by atoms with E-state index in [2.05, 4.69) is 15.4 Å². The van der Waals surface area contributed by atoms with Crippen molar-refractivity contribution in [2.75, 3.05) is 5.32 Å². The van der Waals surface area contributed by atoms with Gasteiger partial charge in [0.2, 0.25) is 0 Å². The molecule has 10 heteroatoms. The molecular formula is C25H17Cl2N5O3. The van der Waals surface area contributed by atoms with Crippen molar-refractivity contribution in [1.29, 1.82) is 0 Å². The van der Waals surface area contributed by atoms with Crippen LogP contribution in [0, 0.1) is 0 Å². The Labute approximate surface area is 209 Å². The molecule has 0 unspecified atom stereocenters. The minimum absolute atomic E-state index is 0.250. The summed E-state index contributed by atoms with van der Waals surface area (Å²) in [5.74, 6) is 0.128. The molecule has 0 aliphatic heterocycles. The second-order valence-corrected chi connectivity index (χ2v) is 7.98. The Morgan fingerprint density at radius 3 is 2.43 bits per heavy atom. The molecule has 174 valence electrons. The number of nitrogens with one attached hydrogen (secondary N) is 1. The number of halogens is 2. The van der Waals surface area contributed by atoms with E-state index in [0.717, 1.165) is 22.5 Å². The van der Waals surface area contributed by atoms with E-state index in [1.54, 1.807) is 47.2 Å². The molecule has 0 radical (unpaired) electrons. The average Bonchev–Trinajstić information content (AvgIpc) is 3.25. The third-order valence-corrected chi connectivity index (χ3v) is 5.36. The number of pyridine rings is 1. The van der Waals surface area contributed by atoms with Gasteiger partial charge in [-0.2, -0.15) is 5.10 Å². The Morgan fingerprint density at radius 1 is 0.914 bits per heavy atom. The van der Waals surface area contributed by atoms with Gasteiger partial charge in [-0.3, -0.25) is 9.59 Å². The topological polar surface area (TPSA) is 109 Å². The fourth-order valence-corrected chi connectivity index (χ4v) is 3.74. The average molecular weight is 506 g/mol. The summed E-state index contributed by atoms with van der Waals surface area (Å²) in [6.07, 6.45) is 3.33. The normalized spacial score (nSPS) is 10.3. The molecule has 0 bridgehead atoms. The Bertz CT molecular complexity index is 1500. The number of hydrogen-bond donors (Lipinski definition) is 2. The van der Waals surface area contributed by atoms with Crippen LogP contribution < -0.4 is 5.32 Å². The molecule has 5 aromatic rings. The third-order valence-electron chi connectivity index (χ3n) is 4.87. The highest BCUT2D eigenvalue weighted by Crippen LogP contribution is 2.34. The smallest absolute Gasteiger partial charge is 0.290 e. The first-order chi connectivity index (χ1) is 17.0. The van der Waals surface area contributed by atoms with E-state index in [4.69, 9.17) is 38.1 Å². The highest BCUT2D eigenvalue weighted by atomic mass is 35.5. The van der Waals surface area contributed by atoms with E-state index in [-0.39, 0.29) is 12.4 Å². The van der Waals surface area contributed by atoms with Crippen LogP contribution in [0.1, 0.15) is 10.4 Å². The zero-order chi connectivity index (χ0) is 24.8. The Morgan fingerprint density at radius 2 is 1.69 bits per heavy atom. The zero-order valence-corrected chi connectivity index (χ0v) is 19.5. The molecule has 0 fully saturated rings. The van der Waals surface area contributed by atoms with E-state index in [1.807, 2.05) is 42.5 Å². The van der Waals surface area contributed by atoms with Crippen LogP contribution in [0.2, 0.25) is 10.0 Å². The van der Waals surface area contributed by atoms with Gasteiger partial charge in [-0.25, -0.2) is 14.5 Å². The number of carbonyl (C=O) groups excluding carboxylic acids is 1. The van der Waals surface area contributed by atoms with Gasteiger partial charge in [0.15, 0.2) is 5.65 Å². The van der Waals surface area contributed by atoms with Crippen LogP contribution in [0.4, 0.5) is 5.82 Å². The minimum Gasteiger partial charge on any atom is -0.483 e. The lowest BCUT2D eigenvalue weighted by atomic mass is 10.1. The Balaban J connectivity index is 0.000000917.